The summed E-state index contributed by atoms with van der Waals surface area (Å²) in [5.41, 5.74) is 0.310. The van der Waals surface area contributed by atoms with Crippen LogP contribution in [0.3, 0.4) is 0 Å². The minimum Gasteiger partial charge on any atom is -0.341 e. The summed E-state index contributed by atoms with van der Waals surface area (Å²) < 4.78 is 15.5. The monoisotopic (exact) mass is 425 g/mol. The third-order valence-electron chi connectivity index (χ3n) is 4.65. The Morgan fingerprint density at radius 2 is 1.90 bits per heavy atom. The lowest BCUT2D eigenvalue weighted by atomic mass is 10.1. The molecule has 160 valence electrons. The van der Waals surface area contributed by atoms with E-state index in [0.717, 1.165) is 6.07 Å². The van der Waals surface area contributed by atoms with Crippen molar-refractivity contribution in [3.8, 4) is 0 Å². The van der Waals surface area contributed by atoms with E-state index in [4.69, 9.17) is 0 Å². The largest absolute Gasteiger partial charge is 0.341 e. The van der Waals surface area contributed by atoms with Crippen molar-refractivity contribution in [1.82, 2.24) is 20.2 Å². The van der Waals surface area contributed by atoms with Crippen molar-refractivity contribution in [3.63, 3.8) is 0 Å². The number of hydrogen-bond donors (Lipinski definition) is 2. The van der Waals surface area contributed by atoms with Gasteiger partial charge in [-0.3, -0.25) is 19.7 Å². The molecule has 2 amide bonds. The number of aromatic nitrogens is 2. The molecule has 2 N–H and O–H groups in total. The van der Waals surface area contributed by atoms with Crippen LogP contribution in [0.15, 0.2) is 60.9 Å². The van der Waals surface area contributed by atoms with Crippen molar-refractivity contribution in [2.45, 2.75) is 19.0 Å². The number of hydrogen-bond acceptors (Lipinski definition) is 5. The number of nitrogens with zero attached hydrogens (tertiary/aromatic N) is 3. The van der Waals surface area contributed by atoms with Crippen LogP contribution in [-0.4, -0.2) is 32.3 Å². The lowest BCUT2D eigenvalue weighted by molar-refractivity contribution is -0.384. The van der Waals surface area contributed by atoms with Gasteiger partial charge in [0.1, 0.15) is 23.7 Å². The molecule has 0 fully saturated rings. The molecule has 10 heteroatoms. The standard InChI is InChI=1S/C21H20FN5O4/c1-13(24-21(29)15-6-4-8-17(12-15)27(30)31)20(28)25-18(19-23-9-10-26(19)2)14-5-3-7-16(22)11-14/h3-13,18H,1-2H3,(H,24,29)(H,25,28). The molecular formula is C21H20FN5O4. The second-order valence-electron chi connectivity index (χ2n) is 6.90. The van der Waals surface area contributed by atoms with Crippen molar-refractivity contribution in [1.29, 1.82) is 0 Å². The molecule has 31 heavy (non-hydrogen) atoms. The number of rotatable bonds is 7. The molecule has 0 spiro atoms. The Balaban J connectivity index is 1.77. The van der Waals surface area contributed by atoms with E-state index in [1.165, 1.54) is 43.3 Å². The number of halogens is 1. The Morgan fingerprint density at radius 1 is 1.16 bits per heavy atom. The van der Waals surface area contributed by atoms with Crippen molar-refractivity contribution < 1.29 is 18.9 Å². The molecule has 0 saturated heterocycles. The molecule has 2 atom stereocenters. The first-order valence-corrected chi connectivity index (χ1v) is 9.34. The molecule has 0 radical (unpaired) electrons. The summed E-state index contributed by atoms with van der Waals surface area (Å²) in [6, 6.07) is 9.26. The SMILES string of the molecule is CC(NC(=O)c1cccc([N+](=O)[O-])c1)C(=O)NC(c1cccc(F)c1)c1nccn1C. The summed E-state index contributed by atoms with van der Waals surface area (Å²) in [6.45, 7) is 1.48. The molecule has 3 rings (SSSR count). The van der Waals surface area contributed by atoms with Crippen LogP contribution in [0, 0.1) is 15.9 Å². The fourth-order valence-corrected chi connectivity index (χ4v) is 3.01. The van der Waals surface area contributed by atoms with E-state index in [-0.39, 0.29) is 11.3 Å². The van der Waals surface area contributed by atoms with Gasteiger partial charge < -0.3 is 15.2 Å². The van der Waals surface area contributed by atoms with E-state index in [9.17, 15) is 24.1 Å². The highest BCUT2D eigenvalue weighted by molar-refractivity contribution is 5.98. The van der Waals surface area contributed by atoms with Crippen LogP contribution in [0.25, 0.3) is 0 Å². The normalized spacial score (nSPS) is 12.6. The fraction of sp³-hybridized carbons (Fsp3) is 0.190. The highest BCUT2D eigenvalue weighted by Gasteiger charge is 2.25. The predicted molar refractivity (Wildman–Crippen MR) is 110 cm³/mol. The molecule has 0 bridgehead atoms. The predicted octanol–water partition coefficient (Wildman–Crippen LogP) is 2.49. The Hall–Kier alpha value is -4.08. The minimum atomic E-state index is -0.969. The van der Waals surface area contributed by atoms with E-state index in [2.05, 4.69) is 15.6 Å². The summed E-state index contributed by atoms with van der Waals surface area (Å²) in [7, 11) is 1.74. The van der Waals surface area contributed by atoms with E-state index < -0.39 is 34.6 Å². The number of nitro benzene ring substituents is 1. The molecule has 0 aliphatic rings. The number of carbonyl (C=O) groups is 2. The Morgan fingerprint density at radius 3 is 2.55 bits per heavy atom. The summed E-state index contributed by atoms with van der Waals surface area (Å²) in [5.74, 6) is -1.14. The molecule has 0 saturated carbocycles. The number of carbonyl (C=O) groups excluding carboxylic acids is 2. The van der Waals surface area contributed by atoms with Gasteiger partial charge in [0.15, 0.2) is 0 Å². The van der Waals surface area contributed by atoms with Crippen LogP contribution in [0.4, 0.5) is 10.1 Å². The number of nitro groups is 1. The number of imidazole rings is 1. The van der Waals surface area contributed by atoms with E-state index in [1.807, 2.05) is 0 Å². The highest BCUT2D eigenvalue weighted by atomic mass is 19.1. The summed E-state index contributed by atoms with van der Waals surface area (Å²) >= 11 is 0. The third-order valence-corrected chi connectivity index (χ3v) is 4.65. The van der Waals surface area contributed by atoms with Gasteiger partial charge in [0.25, 0.3) is 11.6 Å². The van der Waals surface area contributed by atoms with Crippen LogP contribution < -0.4 is 10.6 Å². The van der Waals surface area contributed by atoms with Gasteiger partial charge in [-0.2, -0.15) is 0 Å². The van der Waals surface area contributed by atoms with Crippen LogP contribution >= 0.6 is 0 Å². The zero-order valence-corrected chi connectivity index (χ0v) is 16.8. The van der Waals surface area contributed by atoms with Gasteiger partial charge in [0, 0.05) is 37.1 Å². The van der Waals surface area contributed by atoms with Crippen molar-refractivity contribution in [3.05, 3.63) is 93.8 Å². The van der Waals surface area contributed by atoms with Crippen LogP contribution in [0.2, 0.25) is 0 Å². The average molecular weight is 425 g/mol. The molecule has 2 unspecified atom stereocenters. The number of nitrogens with one attached hydrogen (secondary N) is 2. The zero-order chi connectivity index (χ0) is 22.5. The van der Waals surface area contributed by atoms with E-state index in [0.29, 0.717) is 11.4 Å². The smallest absolute Gasteiger partial charge is 0.270 e. The highest BCUT2D eigenvalue weighted by Crippen LogP contribution is 2.21. The Labute approximate surface area is 177 Å². The molecular weight excluding hydrogens is 405 g/mol. The Bertz CT molecular complexity index is 1130. The second-order valence-corrected chi connectivity index (χ2v) is 6.90. The molecule has 9 nitrogen and oxygen atoms in total. The zero-order valence-electron chi connectivity index (χ0n) is 16.8. The van der Waals surface area contributed by atoms with Gasteiger partial charge in [-0.25, -0.2) is 9.37 Å². The number of benzene rings is 2. The quantitative estimate of drug-likeness (QED) is 0.445. The third kappa shape index (κ3) is 5.10. The van der Waals surface area contributed by atoms with Crippen molar-refractivity contribution >= 4 is 17.5 Å². The first-order valence-electron chi connectivity index (χ1n) is 9.34. The fourth-order valence-electron chi connectivity index (χ4n) is 3.01. The first kappa shape index (κ1) is 21.6. The van der Waals surface area contributed by atoms with E-state index in [1.54, 1.807) is 30.1 Å². The van der Waals surface area contributed by atoms with Gasteiger partial charge in [0.2, 0.25) is 5.91 Å². The average Bonchev–Trinajstić information content (AvgIpc) is 3.17. The molecule has 1 aromatic heterocycles. The summed E-state index contributed by atoms with van der Waals surface area (Å²) in [4.78, 5) is 39.8. The van der Waals surface area contributed by atoms with Gasteiger partial charge in [-0.15, -0.1) is 0 Å². The topological polar surface area (TPSA) is 119 Å². The maximum absolute atomic E-state index is 13.8. The second kappa shape index (κ2) is 9.16. The van der Waals surface area contributed by atoms with Gasteiger partial charge >= 0.3 is 0 Å². The number of amides is 2. The lowest BCUT2D eigenvalue weighted by Gasteiger charge is -2.22. The van der Waals surface area contributed by atoms with E-state index >= 15 is 0 Å². The Kier molecular flexibility index (Phi) is 6.39. The molecule has 1 heterocycles. The number of aryl methyl sites for hydroxylation is 1. The molecule has 0 aliphatic heterocycles. The first-order chi connectivity index (χ1) is 14.8. The molecule has 0 aliphatic carbocycles. The van der Waals surface area contributed by atoms with Crippen molar-refractivity contribution in [2.24, 2.45) is 7.05 Å². The lowest BCUT2D eigenvalue weighted by Crippen LogP contribution is -2.46. The summed E-state index contributed by atoms with van der Waals surface area (Å²) in [5, 5.41) is 16.2. The van der Waals surface area contributed by atoms with Crippen molar-refractivity contribution in [2.75, 3.05) is 0 Å². The van der Waals surface area contributed by atoms with Gasteiger partial charge in [0.05, 0.1) is 4.92 Å². The van der Waals surface area contributed by atoms with Crippen LogP contribution in [-0.2, 0) is 11.8 Å². The molecule has 2 aromatic carbocycles. The minimum absolute atomic E-state index is 0.0552. The molecule has 3 aromatic rings. The summed E-state index contributed by atoms with van der Waals surface area (Å²) in [6.07, 6.45) is 3.25. The maximum Gasteiger partial charge on any atom is 0.270 e. The number of non-ortho nitro benzene ring substituents is 1. The van der Waals surface area contributed by atoms with Gasteiger partial charge in [-0.05, 0) is 30.7 Å². The van der Waals surface area contributed by atoms with Crippen LogP contribution in [0.1, 0.15) is 34.7 Å². The maximum atomic E-state index is 13.8. The van der Waals surface area contributed by atoms with Gasteiger partial charge in [-0.1, -0.05) is 18.2 Å². The van der Waals surface area contributed by atoms with Crippen LogP contribution in [0.5, 0.6) is 0 Å².